The summed E-state index contributed by atoms with van der Waals surface area (Å²) in [6.45, 7) is 4.06. The van der Waals surface area contributed by atoms with E-state index >= 15 is 0 Å². The minimum Gasteiger partial charge on any atom is -0.493 e. The molecule has 0 saturated heterocycles. The molecule has 0 radical (unpaired) electrons. The predicted molar refractivity (Wildman–Crippen MR) is 152 cm³/mol. The van der Waals surface area contributed by atoms with E-state index in [0.29, 0.717) is 27.6 Å². The smallest absolute Gasteiger partial charge is 0.251 e. The van der Waals surface area contributed by atoms with Crippen LogP contribution in [0.25, 0.3) is 0 Å². The zero-order valence-electron chi connectivity index (χ0n) is 22.7. The van der Waals surface area contributed by atoms with Gasteiger partial charge < -0.3 is 24.6 Å². The molecule has 0 aliphatic carbocycles. The van der Waals surface area contributed by atoms with Crippen LogP contribution >= 0.6 is 11.6 Å². The molecule has 8 heteroatoms. The number of hydrogen-bond donors (Lipinski definition) is 1. The van der Waals surface area contributed by atoms with Crippen LogP contribution in [0.3, 0.4) is 0 Å². The summed E-state index contributed by atoms with van der Waals surface area (Å²) in [5, 5.41) is 3.15. The van der Waals surface area contributed by atoms with E-state index in [1.54, 1.807) is 31.2 Å². The largest absolute Gasteiger partial charge is 0.493 e. The fraction of sp³-hybridized carbons (Fsp3) is 0.333. The maximum atomic E-state index is 13.8. The Labute approximate surface area is 229 Å². The van der Waals surface area contributed by atoms with Crippen molar-refractivity contribution in [3.8, 4) is 11.5 Å². The molecule has 1 N–H and O–H groups in total. The van der Waals surface area contributed by atoms with Crippen LogP contribution in [0.1, 0.15) is 53.4 Å². The molecule has 0 spiro atoms. The zero-order valence-corrected chi connectivity index (χ0v) is 23.4. The maximum absolute atomic E-state index is 13.8. The number of ether oxygens (including phenoxy) is 2. The summed E-state index contributed by atoms with van der Waals surface area (Å²) in [5.74, 6) is 0.797. The monoisotopic (exact) mass is 535 g/mol. The fourth-order valence-electron chi connectivity index (χ4n) is 4.72. The molecule has 200 valence electrons. The minimum atomic E-state index is -0.591. The van der Waals surface area contributed by atoms with Crippen molar-refractivity contribution in [3.05, 3.63) is 81.9 Å². The third-order valence-electron chi connectivity index (χ3n) is 6.92. The molecule has 0 bridgehead atoms. The van der Waals surface area contributed by atoms with Gasteiger partial charge in [-0.25, -0.2) is 0 Å². The normalized spacial score (nSPS) is 15.5. The molecule has 0 saturated carbocycles. The highest BCUT2D eigenvalue weighted by molar-refractivity contribution is 6.31. The molecule has 38 heavy (non-hydrogen) atoms. The number of halogens is 1. The molecule has 4 rings (SSSR count). The topological polar surface area (TPSA) is 71.1 Å². The minimum absolute atomic E-state index is 0.0303. The third kappa shape index (κ3) is 5.29. The number of benzene rings is 3. The van der Waals surface area contributed by atoms with Crippen LogP contribution in [0.5, 0.6) is 11.5 Å². The Kier molecular flexibility index (Phi) is 8.17. The first kappa shape index (κ1) is 27.3. The number of carbonyl (C=O) groups is 2. The summed E-state index contributed by atoms with van der Waals surface area (Å²) in [6.07, 6.45) is 0.978. The van der Waals surface area contributed by atoms with Gasteiger partial charge in [0.2, 0.25) is 5.91 Å². The van der Waals surface area contributed by atoms with Crippen molar-refractivity contribution in [2.75, 3.05) is 38.1 Å². The average molecular weight is 536 g/mol. The Morgan fingerprint density at radius 3 is 2.42 bits per heavy atom. The molecule has 2 atom stereocenters. The molecule has 0 aromatic heterocycles. The van der Waals surface area contributed by atoms with Crippen molar-refractivity contribution in [1.82, 2.24) is 5.32 Å². The quantitative estimate of drug-likeness (QED) is 0.405. The van der Waals surface area contributed by atoms with Crippen LogP contribution in [0, 0.1) is 0 Å². The summed E-state index contributed by atoms with van der Waals surface area (Å²) in [7, 11) is 7.10. The summed E-state index contributed by atoms with van der Waals surface area (Å²) < 4.78 is 11.9. The molecule has 3 aromatic rings. The predicted octanol–water partition coefficient (Wildman–Crippen LogP) is 5.63. The number of rotatable bonds is 8. The highest BCUT2D eigenvalue weighted by Crippen LogP contribution is 2.45. The van der Waals surface area contributed by atoms with E-state index in [1.165, 1.54) is 0 Å². The van der Waals surface area contributed by atoms with Crippen molar-refractivity contribution < 1.29 is 19.1 Å². The first-order valence-electron chi connectivity index (χ1n) is 12.7. The zero-order chi connectivity index (χ0) is 27.6. The van der Waals surface area contributed by atoms with Gasteiger partial charge in [0.15, 0.2) is 11.5 Å². The number of hydrogen-bond acceptors (Lipinski definition) is 5. The Morgan fingerprint density at radius 2 is 1.82 bits per heavy atom. The molecule has 1 aliphatic rings. The van der Waals surface area contributed by atoms with Crippen LogP contribution in [0.4, 0.5) is 11.4 Å². The van der Waals surface area contributed by atoms with E-state index in [0.717, 1.165) is 28.9 Å². The third-order valence-corrected chi connectivity index (χ3v) is 7.15. The Morgan fingerprint density at radius 1 is 1.11 bits per heavy atom. The van der Waals surface area contributed by atoms with Crippen LogP contribution in [-0.2, 0) is 11.2 Å². The lowest BCUT2D eigenvalue weighted by Gasteiger charge is -2.39. The lowest BCUT2D eigenvalue weighted by atomic mass is 9.84. The van der Waals surface area contributed by atoms with E-state index in [1.807, 2.05) is 68.4 Å². The maximum Gasteiger partial charge on any atom is 0.251 e. The van der Waals surface area contributed by atoms with E-state index < -0.39 is 6.04 Å². The van der Waals surface area contributed by atoms with Crippen molar-refractivity contribution in [2.45, 2.75) is 38.8 Å². The van der Waals surface area contributed by atoms with Gasteiger partial charge in [-0.05, 0) is 78.6 Å². The molecule has 3 aromatic carbocycles. The number of nitrogens with one attached hydrogen (secondary N) is 1. The molecule has 0 fully saturated rings. The number of amides is 2. The second-order valence-corrected chi connectivity index (χ2v) is 10.0. The second-order valence-electron chi connectivity index (χ2n) is 9.60. The van der Waals surface area contributed by atoms with Gasteiger partial charge in [-0.3, -0.25) is 9.59 Å². The molecule has 7 nitrogen and oxygen atoms in total. The van der Waals surface area contributed by atoms with Crippen molar-refractivity contribution >= 4 is 34.8 Å². The SMILES string of the molecule is CCC(C)Oc1cc2c(cc1OC)CC(=O)N(c1ccc(N(C)C)cc1)C2c1ccc(Cl)cc1C(=O)NC. The first-order valence-corrected chi connectivity index (χ1v) is 13.0. The van der Waals surface area contributed by atoms with Gasteiger partial charge >= 0.3 is 0 Å². The van der Waals surface area contributed by atoms with E-state index in [9.17, 15) is 9.59 Å². The molecule has 1 aliphatic heterocycles. The fourth-order valence-corrected chi connectivity index (χ4v) is 4.89. The van der Waals surface area contributed by atoms with Gasteiger partial charge in [-0.15, -0.1) is 0 Å². The van der Waals surface area contributed by atoms with Crippen LogP contribution in [0.15, 0.2) is 54.6 Å². The average Bonchev–Trinajstić information content (AvgIpc) is 2.91. The Bertz CT molecular complexity index is 1340. The Balaban J connectivity index is 1.98. The van der Waals surface area contributed by atoms with Crippen molar-refractivity contribution in [1.29, 1.82) is 0 Å². The highest BCUT2D eigenvalue weighted by atomic mass is 35.5. The number of nitrogens with zero attached hydrogens (tertiary/aromatic N) is 2. The van der Waals surface area contributed by atoms with Gasteiger partial charge in [0.05, 0.1) is 25.7 Å². The summed E-state index contributed by atoms with van der Waals surface area (Å²) >= 11 is 6.32. The van der Waals surface area contributed by atoms with Gasteiger partial charge in [-0.1, -0.05) is 24.6 Å². The van der Waals surface area contributed by atoms with Crippen molar-refractivity contribution in [3.63, 3.8) is 0 Å². The van der Waals surface area contributed by atoms with E-state index in [2.05, 4.69) is 12.2 Å². The number of carbonyl (C=O) groups excluding carboxylic acids is 2. The molecule has 2 unspecified atom stereocenters. The van der Waals surface area contributed by atoms with Crippen LogP contribution in [-0.4, -0.2) is 46.2 Å². The molecular weight excluding hydrogens is 502 g/mol. The number of methoxy groups -OCH3 is 1. The van der Waals surface area contributed by atoms with Crippen LogP contribution < -0.4 is 24.6 Å². The highest BCUT2D eigenvalue weighted by Gasteiger charge is 2.38. The van der Waals surface area contributed by atoms with E-state index in [-0.39, 0.29) is 24.3 Å². The molecular formula is C30H34ClN3O4. The lowest BCUT2D eigenvalue weighted by Crippen LogP contribution is -2.42. The lowest BCUT2D eigenvalue weighted by molar-refractivity contribution is -0.118. The number of anilines is 2. The summed E-state index contributed by atoms with van der Waals surface area (Å²) in [4.78, 5) is 30.6. The summed E-state index contributed by atoms with van der Waals surface area (Å²) in [6, 6.07) is 16.2. The van der Waals surface area contributed by atoms with Crippen LogP contribution in [0.2, 0.25) is 5.02 Å². The first-order chi connectivity index (χ1) is 18.2. The number of fused-ring (bicyclic) bond motifs is 1. The van der Waals surface area contributed by atoms with Gasteiger partial charge in [0, 0.05) is 43.1 Å². The summed E-state index contributed by atoms with van der Waals surface area (Å²) in [5.41, 5.74) is 4.51. The second kappa shape index (κ2) is 11.4. The Hall–Kier alpha value is -3.71. The molecule has 2 amide bonds. The van der Waals surface area contributed by atoms with Gasteiger partial charge in [-0.2, -0.15) is 0 Å². The van der Waals surface area contributed by atoms with E-state index in [4.69, 9.17) is 21.1 Å². The standard InChI is InChI=1S/C30H34ClN3O4/c1-7-18(2)38-27-17-24-19(14-26(27)37-6)15-28(35)34(22-11-9-21(10-12-22)33(4)5)29(24)23-13-8-20(31)16-25(23)30(36)32-3/h8-14,16-18,29H,7,15H2,1-6H3,(H,32,36). The van der Waals surface area contributed by atoms with Gasteiger partial charge in [0.25, 0.3) is 5.91 Å². The van der Waals surface area contributed by atoms with Gasteiger partial charge in [0.1, 0.15) is 0 Å². The van der Waals surface area contributed by atoms with Crippen molar-refractivity contribution in [2.24, 2.45) is 0 Å². The molecule has 1 heterocycles.